The van der Waals surface area contributed by atoms with Gasteiger partial charge in [-0.15, -0.1) is 0 Å². The molecule has 0 radical (unpaired) electrons. The van der Waals surface area contributed by atoms with Crippen LogP contribution in [0.5, 0.6) is 0 Å². The van der Waals surface area contributed by atoms with E-state index in [2.05, 4.69) is 25.7 Å². The van der Waals surface area contributed by atoms with Crippen molar-refractivity contribution in [2.75, 3.05) is 46.5 Å². The number of rotatable bonds is 7. The molecule has 0 saturated carbocycles. The van der Waals surface area contributed by atoms with E-state index in [1.807, 2.05) is 11.9 Å². The van der Waals surface area contributed by atoms with Crippen LogP contribution in [0.2, 0.25) is 0 Å². The third-order valence-electron chi connectivity index (χ3n) is 4.08. The number of amides is 1. The zero-order chi connectivity index (χ0) is 17.1. The van der Waals surface area contributed by atoms with Crippen molar-refractivity contribution in [1.29, 1.82) is 0 Å². The molecule has 0 aromatic carbocycles. The molecule has 1 fully saturated rings. The Morgan fingerprint density at radius 2 is 1.82 bits per heavy atom. The Morgan fingerprint density at radius 1 is 1.23 bits per heavy atom. The molecule has 7 heteroatoms. The maximum atomic E-state index is 12.1. The Balaban J connectivity index is 2.38. The van der Waals surface area contributed by atoms with Gasteiger partial charge in [0.15, 0.2) is 0 Å². The molecule has 0 spiro atoms. The zero-order valence-corrected chi connectivity index (χ0v) is 15.6. The van der Waals surface area contributed by atoms with E-state index in [4.69, 9.17) is 0 Å². The van der Waals surface area contributed by atoms with E-state index in [0.29, 0.717) is 18.8 Å². The standard InChI is InChI=1S/C15H31N3O3S/c1-15(2,3)18-12-13(10-14(18)19)11-17(6)8-7-9-22(20,21)16(4)5/h13H,7-12H2,1-6H3. The third kappa shape index (κ3) is 5.52. The van der Waals surface area contributed by atoms with Gasteiger partial charge in [-0.05, 0) is 46.7 Å². The van der Waals surface area contributed by atoms with Crippen molar-refractivity contribution in [3.63, 3.8) is 0 Å². The summed E-state index contributed by atoms with van der Waals surface area (Å²) in [5.74, 6) is 0.727. The summed E-state index contributed by atoms with van der Waals surface area (Å²) >= 11 is 0. The molecular weight excluding hydrogens is 302 g/mol. The highest BCUT2D eigenvalue weighted by Gasteiger charge is 2.36. The van der Waals surface area contributed by atoms with Crippen molar-refractivity contribution >= 4 is 15.9 Å². The van der Waals surface area contributed by atoms with Crippen LogP contribution in [0.1, 0.15) is 33.6 Å². The van der Waals surface area contributed by atoms with Crippen molar-refractivity contribution in [3.05, 3.63) is 0 Å². The lowest BCUT2D eigenvalue weighted by atomic mass is 10.1. The molecule has 1 aliphatic heterocycles. The largest absolute Gasteiger partial charge is 0.338 e. The Hall–Kier alpha value is -0.660. The van der Waals surface area contributed by atoms with Gasteiger partial charge in [0.1, 0.15) is 0 Å². The van der Waals surface area contributed by atoms with Gasteiger partial charge in [-0.25, -0.2) is 12.7 Å². The van der Waals surface area contributed by atoms with Crippen LogP contribution >= 0.6 is 0 Å². The van der Waals surface area contributed by atoms with E-state index < -0.39 is 10.0 Å². The molecule has 0 aliphatic carbocycles. The van der Waals surface area contributed by atoms with Gasteiger partial charge in [-0.1, -0.05) is 0 Å². The van der Waals surface area contributed by atoms with Crippen LogP contribution < -0.4 is 0 Å². The normalized spacial score (nSPS) is 20.5. The van der Waals surface area contributed by atoms with Gasteiger partial charge < -0.3 is 9.80 Å². The van der Waals surface area contributed by atoms with E-state index in [9.17, 15) is 13.2 Å². The second-order valence-corrected chi connectivity index (χ2v) is 9.76. The van der Waals surface area contributed by atoms with Gasteiger partial charge in [0.2, 0.25) is 15.9 Å². The maximum absolute atomic E-state index is 12.1. The fourth-order valence-electron chi connectivity index (χ4n) is 2.78. The molecule has 6 nitrogen and oxygen atoms in total. The summed E-state index contributed by atoms with van der Waals surface area (Å²) in [6, 6.07) is 0. The predicted octanol–water partition coefficient (Wildman–Crippen LogP) is 0.847. The molecule has 22 heavy (non-hydrogen) atoms. The van der Waals surface area contributed by atoms with Crippen LogP contribution in [0.15, 0.2) is 0 Å². The van der Waals surface area contributed by atoms with E-state index in [1.54, 1.807) is 14.1 Å². The van der Waals surface area contributed by atoms with Gasteiger partial charge in [-0.3, -0.25) is 4.79 Å². The molecule has 1 atom stereocenters. The van der Waals surface area contributed by atoms with Crippen molar-refractivity contribution in [2.24, 2.45) is 5.92 Å². The Labute approximate surface area is 135 Å². The smallest absolute Gasteiger partial charge is 0.223 e. The number of sulfonamides is 1. The quantitative estimate of drug-likeness (QED) is 0.693. The minimum atomic E-state index is -3.11. The molecular formula is C15H31N3O3S. The lowest BCUT2D eigenvalue weighted by Crippen LogP contribution is -2.42. The first-order valence-electron chi connectivity index (χ1n) is 7.82. The van der Waals surface area contributed by atoms with Crippen molar-refractivity contribution < 1.29 is 13.2 Å². The topological polar surface area (TPSA) is 60.9 Å². The molecule has 0 bridgehead atoms. The first-order chi connectivity index (χ1) is 9.93. The molecule has 1 unspecified atom stereocenters. The van der Waals surface area contributed by atoms with Gasteiger partial charge in [0.05, 0.1) is 5.75 Å². The van der Waals surface area contributed by atoms with Gasteiger partial charge in [0, 0.05) is 39.1 Å². The molecule has 1 heterocycles. The van der Waals surface area contributed by atoms with Crippen molar-refractivity contribution in [3.8, 4) is 0 Å². The van der Waals surface area contributed by atoms with E-state index >= 15 is 0 Å². The number of nitrogens with zero attached hydrogens (tertiary/aromatic N) is 3. The monoisotopic (exact) mass is 333 g/mol. The molecule has 1 saturated heterocycles. The molecule has 1 rings (SSSR count). The van der Waals surface area contributed by atoms with E-state index in [-0.39, 0.29) is 17.2 Å². The number of hydrogen-bond donors (Lipinski definition) is 0. The summed E-state index contributed by atoms with van der Waals surface area (Å²) in [6.45, 7) is 8.53. The lowest BCUT2D eigenvalue weighted by Gasteiger charge is -2.32. The summed E-state index contributed by atoms with van der Waals surface area (Å²) in [4.78, 5) is 16.1. The molecule has 0 aromatic heterocycles. The lowest BCUT2D eigenvalue weighted by molar-refractivity contribution is -0.131. The first kappa shape index (κ1) is 19.4. The van der Waals surface area contributed by atoms with Crippen LogP contribution in [-0.4, -0.2) is 80.5 Å². The highest BCUT2D eigenvalue weighted by molar-refractivity contribution is 7.89. The van der Waals surface area contributed by atoms with Crippen LogP contribution in [0, 0.1) is 5.92 Å². The summed E-state index contributed by atoms with van der Waals surface area (Å²) < 4.78 is 24.7. The number of hydrogen-bond acceptors (Lipinski definition) is 4. The minimum Gasteiger partial charge on any atom is -0.338 e. The number of carbonyl (C=O) groups is 1. The van der Waals surface area contributed by atoms with E-state index in [0.717, 1.165) is 19.6 Å². The fourth-order valence-corrected chi connectivity index (χ4v) is 3.64. The molecule has 130 valence electrons. The van der Waals surface area contributed by atoms with Crippen LogP contribution in [0.3, 0.4) is 0 Å². The fraction of sp³-hybridized carbons (Fsp3) is 0.933. The van der Waals surface area contributed by atoms with Gasteiger partial charge in [0.25, 0.3) is 0 Å². The zero-order valence-electron chi connectivity index (χ0n) is 14.8. The second kappa shape index (κ2) is 7.27. The Morgan fingerprint density at radius 3 is 2.27 bits per heavy atom. The van der Waals surface area contributed by atoms with Crippen LogP contribution in [0.4, 0.5) is 0 Å². The van der Waals surface area contributed by atoms with Crippen molar-refractivity contribution in [2.45, 2.75) is 39.2 Å². The van der Waals surface area contributed by atoms with Crippen molar-refractivity contribution in [1.82, 2.24) is 14.1 Å². The van der Waals surface area contributed by atoms with Gasteiger partial charge in [-0.2, -0.15) is 0 Å². The van der Waals surface area contributed by atoms with Crippen LogP contribution in [-0.2, 0) is 14.8 Å². The average molecular weight is 333 g/mol. The molecule has 1 aliphatic rings. The highest BCUT2D eigenvalue weighted by Crippen LogP contribution is 2.26. The summed E-state index contributed by atoms with van der Waals surface area (Å²) in [5.41, 5.74) is -0.121. The summed E-state index contributed by atoms with van der Waals surface area (Å²) in [6.07, 6.45) is 1.21. The summed E-state index contributed by atoms with van der Waals surface area (Å²) in [7, 11) is 2.00. The maximum Gasteiger partial charge on any atom is 0.223 e. The SMILES string of the molecule is CN(CCCS(=O)(=O)N(C)C)CC1CC(=O)N(C(C)(C)C)C1. The van der Waals surface area contributed by atoms with E-state index in [1.165, 1.54) is 4.31 Å². The summed E-state index contributed by atoms with van der Waals surface area (Å²) in [5, 5.41) is 0. The van der Waals surface area contributed by atoms with Crippen LogP contribution in [0.25, 0.3) is 0 Å². The molecule has 0 aromatic rings. The second-order valence-electron chi connectivity index (χ2n) is 7.46. The molecule has 1 amide bonds. The van der Waals surface area contributed by atoms with Gasteiger partial charge >= 0.3 is 0 Å². The minimum absolute atomic E-state index is 0.121. The average Bonchev–Trinajstić information content (AvgIpc) is 2.69. The third-order valence-corrected chi connectivity index (χ3v) is 6.00. The highest BCUT2D eigenvalue weighted by atomic mass is 32.2. The number of carbonyl (C=O) groups excluding carboxylic acids is 1. The Bertz CT molecular complexity index is 483. The molecule has 0 N–H and O–H groups in total. The predicted molar refractivity (Wildman–Crippen MR) is 89.2 cm³/mol. The number of likely N-dealkylation sites (tertiary alicyclic amines) is 1. The Kier molecular flexibility index (Phi) is 6.41. The first-order valence-corrected chi connectivity index (χ1v) is 9.43.